The number of hydrogen-bond donors (Lipinski definition) is 1. The summed E-state index contributed by atoms with van der Waals surface area (Å²) in [7, 11) is 0. The molecule has 1 aromatic heterocycles. The van der Waals surface area contributed by atoms with Gasteiger partial charge in [0, 0.05) is 18.0 Å². The van der Waals surface area contributed by atoms with E-state index in [1.54, 1.807) is 4.90 Å². The molecule has 0 bridgehead atoms. The zero-order chi connectivity index (χ0) is 19.0. The molecule has 0 radical (unpaired) electrons. The van der Waals surface area contributed by atoms with Crippen LogP contribution in [0.1, 0.15) is 30.6 Å². The quantitative estimate of drug-likeness (QED) is 0.660. The van der Waals surface area contributed by atoms with Crippen molar-refractivity contribution in [2.24, 2.45) is 0 Å². The van der Waals surface area contributed by atoms with Gasteiger partial charge < -0.3 is 14.8 Å². The molecule has 1 aliphatic rings. The second kappa shape index (κ2) is 6.87. The normalized spacial score (nSPS) is 15.7. The molecule has 138 valence electrons. The Morgan fingerprint density at radius 3 is 2.78 bits per heavy atom. The third-order valence-corrected chi connectivity index (χ3v) is 4.91. The van der Waals surface area contributed by atoms with Gasteiger partial charge in [-0.2, -0.15) is 0 Å². The Morgan fingerprint density at radius 1 is 1.15 bits per heavy atom. The highest BCUT2D eigenvalue weighted by Crippen LogP contribution is 2.34. The molecule has 4 rings (SSSR count). The third kappa shape index (κ3) is 3.07. The third-order valence-electron chi connectivity index (χ3n) is 4.91. The monoisotopic (exact) mass is 367 g/mol. The molecule has 0 aliphatic carbocycles. The van der Waals surface area contributed by atoms with Crippen molar-refractivity contribution < 1.29 is 13.6 Å². The number of nitrogens with one attached hydrogen (secondary N) is 1. The van der Waals surface area contributed by atoms with Crippen molar-refractivity contribution in [1.29, 1.82) is 0 Å². The van der Waals surface area contributed by atoms with Crippen LogP contribution in [0.4, 0.5) is 19.3 Å². The molecule has 2 amide bonds. The number of amides is 2. The lowest BCUT2D eigenvalue weighted by molar-refractivity contribution is 0.181. The van der Waals surface area contributed by atoms with E-state index in [9.17, 15) is 13.6 Å². The Bertz CT molecular complexity index is 999. The summed E-state index contributed by atoms with van der Waals surface area (Å²) in [4.78, 5) is 14.7. The average molecular weight is 367 g/mol. The van der Waals surface area contributed by atoms with Gasteiger partial charge >= 0.3 is 6.03 Å². The van der Waals surface area contributed by atoms with E-state index in [4.69, 9.17) is 0 Å². The lowest BCUT2D eigenvalue weighted by Crippen LogP contribution is -2.37. The predicted octanol–water partition coefficient (Wildman–Crippen LogP) is 5.25. The van der Waals surface area contributed by atoms with Crippen molar-refractivity contribution in [2.45, 2.75) is 25.9 Å². The van der Waals surface area contributed by atoms with Gasteiger partial charge in [-0.3, -0.25) is 0 Å². The largest absolute Gasteiger partial charge is 0.322 e. The fraction of sp³-hybridized carbons (Fsp3) is 0.190. The summed E-state index contributed by atoms with van der Waals surface area (Å²) >= 11 is 0. The summed E-state index contributed by atoms with van der Waals surface area (Å²) in [6, 6.07) is 14.2. The van der Waals surface area contributed by atoms with Crippen LogP contribution in [0, 0.1) is 11.6 Å². The molecule has 2 heterocycles. The Labute approximate surface area is 156 Å². The van der Waals surface area contributed by atoms with Gasteiger partial charge in [0.2, 0.25) is 0 Å². The first-order valence-electron chi connectivity index (χ1n) is 8.86. The van der Waals surface area contributed by atoms with Gasteiger partial charge in [-0.25, -0.2) is 13.6 Å². The fourth-order valence-electron chi connectivity index (χ4n) is 3.64. The highest BCUT2D eigenvalue weighted by Gasteiger charge is 2.30. The summed E-state index contributed by atoms with van der Waals surface area (Å²) < 4.78 is 29.5. The molecule has 2 aromatic carbocycles. The maximum atomic E-state index is 14.0. The first-order chi connectivity index (χ1) is 13.1. The predicted molar refractivity (Wildman–Crippen MR) is 99.7 cm³/mol. The maximum absolute atomic E-state index is 14.0. The van der Waals surface area contributed by atoms with Crippen LogP contribution in [0.5, 0.6) is 0 Å². The minimum Gasteiger partial charge on any atom is -0.318 e. The molecule has 27 heavy (non-hydrogen) atoms. The number of aromatic nitrogens is 1. The van der Waals surface area contributed by atoms with Gasteiger partial charge in [0.15, 0.2) is 0 Å². The van der Waals surface area contributed by atoms with Gasteiger partial charge in [0.1, 0.15) is 11.6 Å². The van der Waals surface area contributed by atoms with Crippen LogP contribution < -0.4 is 5.32 Å². The molecule has 6 heteroatoms. The van der Waals surface area contributed by atoms with Crippen molar-refractivity contribution in [3.63, 3.8) is 0 Å². The number of hydrogen-bond acceptors (Lipinski definition) is 1. The first-order valence-corrected chi connectivity index (χ1v) is 8.86. The van der Waals surface area contributed by atoms with Crippen LogP contribution in [0.2, 0.25) is 0 Å². The molecular weight excluding hydrogens is 348 g/mol. The van der Waals surface area contributed by atoms with E-state index in [-0.39, 0.29) is 11.7 Å². The van der Waals surface area contributed by atoms with E-state index in [1.165, 1.54) is 0 Å². The van der Waals surface area contributed by atoms with E-state index < -0.39 is 17.7 Å². The average Bonchev–Trinajstić information content (AvgIpc) is 3.09. The molecule has 0 spiro atoms. The zero-order valence-corrected chi connectivity index (χ0v) is 14.8. The van der Waals surface area contributed by atoms with E-state index in [1.807, 2.05) is 49.5 Å². The SMILES string of the molecule is CCC1c2cccn2-c2ccccc2CN1C(=O)Nc1cc(F)ccc1F. The molecule has 0 fully saturated rings. The van der Waals surface area contributed by atoms with Crippen LogP contribution in [-0.2, 0) is 6.54 Å². The minimum absolute atomic E-state index is 0.164. The summed E-state index contributed by atoms with van der Waals surface area (Å²) in [5, 5.41) is 2.53. The number of anilines is 1. The lowest BCUT2D eigenvalue weighted by Gasteiger charge is -2.29. The second-order valence-electron chi connectivity index (χ2n) is 6.54. The molecule has 0 saturated heterocycles. The molecule has 1 unspecified atom stereocenters. The summed E-state index contributed by atoms with van der Waals surface area (Å²) in [5.41, 5.74) is 2.82. The maximum Gasteiger partial charge on any atom is 0.322 e. The number of carbonyl (C=O) groups is 1. The van der Waals surface area contributed by atoms with Gasteiger partial charge in [-0.05, 0) is 42.3 Å². The van der Waals surface area contributed by atoms with Crippen molar-refractivity contribution in [3.8, 4) is 5.69 Å². The standard InChI is InChI=1S/C21H19F2N3O/c1-2-18-20-8-5-11-25(20)19-7-4-3-6-14(19)13-26(18)21(27)24-17-12-15(22)9-10-16(17)23/h3-12,18H,2,13H2,1H3,(H,24,27). The number of carbonyl (C=O) groups excluding carboxylic acids is 1. The molecule has 4 nitrogen and oxygen atoms in total. The Kier molecular flexibility index (Phi) is 4.39. The smallest absolute Gasteiger partial charge is 0.318 e. The topological polar surface area (TPSA) is 37.3 Å². The van der Waals surface area contributed by atoms with Crippen LogP contribution >= 0.6 is 0 Å². The summed E-state index contributed by atoms with van der Waals surface area (Å²) in [5.74, 6) is -1.27. The van der Waals surface area contributed by atoms with E-state index in [2.05, 4.69) is 9.88 Å². The van der Waals surface area contributed by atoms with E-state index in [0.29, 0.717) is 13.0 Å². The number of nitrogens with zero attached hydrogens (tertiary/aromatic N) is 2. The summed E-state index contributed by atoms with van der Waals surface area (Å²) in [6.45, 7) is 2.38. The second-order valence-corrected chi connectivity index (χ2v) is 6.54. The number of fused-ring (bicyclic) bond motifs is 3. The molecule has 0 saturated carbocycles. The molecule has 1 atom stereocenters. The van der Waals surface area contributed by atoms with Gasteiger partial charge in [0.05, 0.1) is 24.0 Å². The number of halogens is 2. The summed E-state index contributed by atoms with van der Waals surface area (Å²) in [6.07, 6.45) is 2.67. The van der Waals surface area contributed by atoms with Crippen LogP contribution in [0.15, 0.2) is 60.8 Å². The van der Waals surface area contributed by atoms with E-state index in [0.717, 1.165) is 35.1 Å². The van der Waals surface area contributed by atoms with Crippen molar-refractivity contribution in [1.82, 2.24) is 9.47 Å². The first kappa shape index (κ1) is 17.3. The lowest BCUT2D eigenvalue weighted by atomic mass is 10.1. The minimum atomic E-state index is -0.670. The van der Waals surface area contributed by atoms with Crippen LogP contribution in [0.3, 0.4) is 0 Å². The Balaban J connectivity index is 1.74. The molecule has 1 N–H and O–H groups in total. The van der Waals surface area contributed by atoms with Gasteiger partial charge in [0.25, 0.3) is 0 Å². The highest BCUT2D eigenvalue weighted by atomic mass is 19.1. The number of rotatable bonds is 2. The zero-order valence-electron chi connectivity index (χ0n) is 14.8. The molecular formula is C21H19F2N3O. The highest BCUT2D eigenvalue weighted by molar-refractivity contribution is 5.90. The fourth-order valence-corrected chi connectivity index (χ4v) is 3.64. The Hall–Kier alpha value is -3.15. The number of urea groups is 1. The van der Waals surface area contributed by atoms with E-state index >= 15 is 0 Å². The van der Waals surface area contributed by atoms with Crippen molar-refractivity contribution >= 4 is 11.7 Å². The molecule has 3 aromatic rings. The number of para-hydroxylation sites is 1. The molecule has 1 aliphatic heterocycles. The van der Waals surface area contributed by atoms with Crippen molar-refractivity contribution in [2.75, 3.05) is 5.32 Å². The number of benzene rings is 2. The Morgan fingerprint density at radius 2 is 1.96 bits per heavy atom. The van der Waals surface area contributed by atoms with Crippen LogP contribution in [0.25, 0.3) is 5.69 Å². The van der Waals surface area contributed by atoms with Crippen LogP contribution in [-0.4, -0.2) is 15.5 Å². The van der Waals surface area contributed by atoms with Gasteiger partial charge in [-0.1, -0.05) is 25.1 Å². The van der Waals surface area contributed by atoms with Crippen molar-refractivity contribution in [3.05, 3.63) is 83.7 Å². The van der Waals surface area contributed by atoms with Gasteiger partial charge in [-0.15, -0.1) is 0 Å².